The van der Waals surface area contributed by atoms with E-state index in [4.69, 9.17) is 4.74 Å². The van der Waals surface area contributed by atoms with Crippen LogP contribution in [0, 0.1) is 0 Å². The van der Waals surface area contributed by atoms with E-state index in [0.29, 0.717) is 10.4 Å². The number of amides is 1. The number of ether oxygens (including phenoxy) is 1. The normalized spacial score (nSPS) is 11.9. The Morgan fingerprint density at radius 3 is 2.67 bits per heavy atom. The second-order valence-electron chi connectivity index (χ2n) is 5.29. The predicted octanol–water partition coefficient (Wildman–Crippen LogP) is 4.63. The molecule has 0 spiro atoms. The Labute approximate surface area is 152 Å². The van der Waals surface area contributed by atoms with Gasteiger partial charge < -0.3 is 9.30 Å². The van der Waals surface area contributed by atoms with Crippen molar-refractivity contribution in [2.75, 3.05) is 7.11 Å². The van der Waals surface area contributed by atoms with Crippen LogP contribution in [0.25, 0.3) is 10.2 Å². The number of carbonyl (C=O) groups excluding carboxylic acids is 1. The smallest absolute Gasteiger partial charge is 0.279 e. The molecular weight excluding hydrogens is 388 g/mol. The quantitative estimate of drug-likeness (QED) is 0.636. The highest BCUT2D eigenvalue weighted by Crippen LogP contribution is 2.23. The summed E-state index contributed by atoms with van der Waals surface area (Å²) in [6.45, 7) is 2.91. The molecule has 0 aliphatic carbocycles. The molecule has 0 bridgehead atoms. The Bertz CT molecular complexity index is 942. The number of hydrogen-bond acceptors (Lipinski definition) is 3. The van der Waals surface area contributed by atoms with E-state index in [9.17, 15) is 4.79 Å². The van der Waals surface area contributed by atoms with Gasteiger partial charge in [-0.2, -0.15) is 4.99 Å². The Kier molecular flexibility index (Phi) is 5.16. The van der Waals surface area contributed by atoms with Gasteiger partial charge in [0.1, 0.15) is 5.75 Å². The summed E-state index contributed by atoms with van der Waals surface area (Å²) in [5.74, 6) is 0.571. The van der Waals surface area contributed by atoms with Gasteiger partial charge in [-0.15, -0.1) is 0 Å². The minimum Gasteiger partial charge on any atom is -0.497 e. The zero-order valence-corrected chi connectivity index (χ0v) is 15.9. The van der Waals surface area contributed by atoms with Crippen molar-refractivity contribution in [2.45, 2.75) is 19.9 Å². The minimum absolute atomic E-state index is 0.231. The molecule has 6 heteroatoms. The van der Waals surface area contributed by atoms with Crippen LogP contribution in [0.5, 0.6) is 5.75 Å². The number of aryl methyl sites for hydroxylation is 1. The number of carbonyl (C=O) groups is 1. The molecule has 0 fully saturated rings. The van der Waals surface area contributed by atoms with Crippen molar-refractivity contribution in [1.29, 1.82) is 0 Å². The molecule has 0 aliphatic heterocycles. The van der Waals surface area contributed by atoms with Crippen molar-refractivity contribution in [3.63, 3.8) is 0 Å². The SMILES string of the molecule is CCCn1c(=NC(=O)c2ccc(Br)cc2)sc2ccc(OC)cc21. The summed E-state index contributed by atoms with van der Waals surface area (Å²) < 4.78 is 9.43. The maximum atomic E-state index is 12.5. The maximum Gasteiger partial charge on any atom is 0.279 e. The van der Waals surface area contributed by atoms with E-state index in [1.165, 1.54) is 11.3 Å². The van der Waals surface area contributed by atoms with Gasteiger partial charge in [-0.1, -0.05) is 34.2 Å². The summed E-state index contributed by atoms with van der Waals surface area (Å²) in [4.78, 5) is 17.5. The zero-order valence-electron chi connectivity index (χ0n) is 13.5. The molecule has 0 radical (unpaired) electrons. The average molecular weight is 405 g/mol. The van der Waals surface area contributed by atoms with Crippen molar-refractivity contribution < 1.29 is 9.53 Å². The Balaban J connectivity index is 2.11. The Hall–Kier alpha value is -1.92. The largest absolute Gasteiger partial charge is 0.497 e. The van der Waals surface area contributed by atoms with E-state index < -0.39 is 0 Å². The number of nitrogens with zero attached hydrogens (tertiary/aromatic N) is 2. The van der Waals surface area contributed by atoms with Crippen LogP contribution >= 0.6 is 27.3 Å². The topological polar surface area (TPSA) is 43.6 Å². The highest BCUT2D eigenvalue weighted by molar-refractivity contribution is 9.10. The Morgan fingerprint density at radius 2 is 2.00 bits per heavy atom. The maximum absolute atomic E-state index is 12.5. The fraction of sp³-hybridized carbons (Fsp3) is 0.222. The lowest BCUT2D eigenvalue weighted by atomic mass is 10.2. The van der Waals surface area contributed by atoms with E-state index in [2.05, 4.69) is 32.4 Å². The minimum atomic E-state index is -0.231. The lowest BCUT2D eigenvalue weighted by Gasteiger charge is -2.04. The number of aromatic nitrogens is 1. The summed E-state index contributed by atoms with van der Waals surface area (Å²) in [7, 11) is 1.65. The first-order valence-electron chi connectivity index (χ1n) is 7.64. The average Bonchev–Trinajstić information content (AvgIpc) is 2.92. The number of thiazole rings is 1. The summed E-state index contributed by atoms with van der Waals surface area (Å²) in [6.07, 6.45) is 0.961. The number of fused-ring (bicyclic) bond motifs is 1. The first-order chi connectivity index (χ1) is 11.6. The van der Waals surface area contributed by atoms with E-state index >= 15 is 0 Å². The number of methoxy groups -OCH3 is 1. The lowest BCUT2D eigenvalue weighted by Crippen LogP contribution is -2.16. The molecule has 3 aromatic rings. The number of benzene rings is 2. The van der Waals surface area contributed by atoms with Crippen molar-refractivity contribution in [3.05, 3.63) is 57.3 Å². The second kappa shape index (κ2) is 7.32. The van der Waals surface area contributed by atoms with Gasteiger partial charge >= 0.3 is 0 Å². The van der Waals surface area contributed by atoms with Gasteiger partial charge in [-0.05, 0) is 42.8 Å². The molecule has 0 unspecified atom stereocenters. The third-order valence-electron chi connectivity index (χ3n) is 3.62. The van der Waals surface area contributed by atoms with Crippen LogP contribution in [0.15, 0.2) is 51.9 Å². The summed E-state index contributed by atoms with van der Waals surface area (Å²) in [5, 5.41) is 0. The molecule has 4 nitrogen and oxygen atoms in total. The molecule has 24 heavy (non-hydrogen) atoms. The van der Waals surface area contributed by atoms with Gasteiger partial charge in [-0.3, -0.25) is 4.79 Å². The fourth-order valence-corrected chi connectivity index (χ4v) is 3.74. The van der Waals surface area contributed by atoms with E-state index in [1.54, 1.807) is 19.2 Å². The molecule has 1 aromatic heterocycles. The van der Waals surface area contributed by atoms with Gasteiger partial charge in [0.15, 0.2) is 4.80 Å². The van der Waals surface area contributed by atoms with Crippen molar-refractivity contribution in [2.24, 2.45) is 4.99 Å². The molecule has 0 saturated heterocycles. The molecule has 1 heterocycles. The van der Waals surface area contributed by atoms with Crippen molar-refractivity contribution >= 4 is 43.4 Å². The third kappa shape index (κ3) is 3.44. The molecule has 0 aliphatic rings. The van der Waals surface area contributed by atoms with Crippen LogP contribution in [0.2, 0.25) is 0 Å². The summed E-state index contributed by atoms with van der Waals surface area (Å²) in [6, 6.07) is 13.2. The van der Waals surface area contributed by atoms with Gasteiger partial charge in [-0.25, -0.2) is 0 Å². The van der Waals surface area contributed by atoms with E-state index in [0.717, 1.165) is 33.4 Å². The summed E-state index contributed by atoms with van der Waals surface area (Å²) >= 11 is 4.89. The summed E-state index contributed by atoms with van der Waals surface area (Å²) in [5.41, 5.74) is 1.62. The molecular formula is C18H17BrN2O2S. The van der Waals surface area contributed by atoms with Crippen LogP contribution in [-0.2, 0) is 6.54 Å². The number of hydrogen-bond donors (Lipinski definition) is 0. The van der Waals surface area contributed by atoms with Gasteiger partial charge in [0, 0.05) is 22.6 Å². The van der Waals surface area contributed by atoms with Gasteiger partial charge in [0.05, 0.1) is 17.3 Å². The first kappa shape index (κ1) is 16.9. The number of rotatable bonds is 4. The third-order valence-corrected chi connectivity index (χ3v) is 5.21. The fourth-order valence-electron chi connectivity index (χ4n) is 2.44. The van der Waals surface area contributed by atoms with Gasteiger partial charge in [0.2, 0.25) is 0 Å². The monoisotopic (exact) mass is 404 g/mol. The van der Waals surface area contributed by atoms with Crippen LogP contribution in [0.1, 0.15) is 23.7 Å². The molecule has 0 N–H and O–H groups in total. The lowest BCUT2D eigenvalue weighted by molar-refractivity contribution is 0.0998. The van der Waals surface area contributed by atoms with Crippen LogP contribution < -0.4 is 9.54 Å². The molecule has 3 rings (SSSR count). The van der Waals surface area contributed by atoms with Crippen molar-refractivity contribution in [3.8, 4) is 5.75 Å². The standard InChI is InChI=1S/C18H17BrN2O2S/c1-3-10-21-15-11-14(23-2)8-9-16(15)24-18(21)20-17(22)12-4-6-13(19)7-5-12/h4-9,11H,3,10H2,1-2H3. The van der Waals surface area contributed by atoms with Crippen LogP contribution in [-0.4, -0.2) is 17.6 Å². The second-order valence-corrected chi connectivity index (χ2v) is 7.22. The molecule has 2 aromatic carbocycles. The molecule has 124 valence electrons. The zero-order chi connectivity index (χ0) is 17.1. The van der Waals surface area contributed by atoms with E-state index in [1.807, 2.05) is 30.3 Å². The van der Waals surface area contributed by atoms with E-state index in [-0.39, 0.29) is 5.91 Å². The highest BCUT2D eigenvalue weighted by atomic mass is 79.9. The van der Waals surface area contributed by atoms with Crippen LogP contribution in [0.4, 0.5) is 0 Å². The first-order valence-corrected chi connectivity index (χ1v) is 9.25. The molecule has 1 amide bonds. The Morgan fingerprint density at radius 1 is 1.25 bits per heavy atom. The number of halogens is 1. The predicted molar refractivity (Wildman–Crippen MR) is 101 cm³/mol. The van der Waals surface area contributed by atoms with Crippen molar-refractivity contribution in [1.82, 2.24) is 4.57 Å². The highest BCUT2D eigenvalue weighted by Gasteiger charge is 2.10. The molecule has 0 atom stereocenters. The van der Waals surface area contributed by atoms with Gasteiger partial charge in [0.25, 0.3) is 5.91 Å². The molecule has 0 saturated carbocycles. The van der Waals surface area contributed by atoms with Crippen LogP contribution in [0.3, 0.4) is 0 Å².